The zero-order valence-electron chi connectivity index (χ0n) is 45.0. The molecule has 10 rings (SSSR count). The van der Waals surface area contributed by atoms with Gasteiger partial charge in [-0.15, -0.1) is 0 Å². The highest BCUT2D eigenvalue weighted by atomic mass is 16.5. The van der Waals surface area contributed by atoms with Gasteiger partial charge in [0.15, 0.2) is 0 Å². The van der Waals surface area contributed by atoms with Crippen LogP contribution in [0.25, 0.3) is 10.9 Å². The average Bonchev–Trinajstić information content (AvgIpc) is 4.15. The molecule has 7 aromatic rings. The number of carbonyl (C=O) groups excluding carboxylic acids is 6. The monoisotopic (exact) mass is 1090 g/mol. The highest BCUT2D eigenvalue weighted by Crippen LogP contribution is 2.27. The third-order valence-electron chi connectivity index (χ3n) is 15.4. The van der Waals surface area contributed by atoms with E-state index < -0.39 is 77.8 Å². The number of nitrogens with one attached hydrogen (secondary N) is 7. The van der Waals surface area contributed by atoms with Crippen molar-refractivity contribution in [2.45, 2.75) is 107 Å². The molecule has 0 aliphatic carbocycles. The summed E-state index contributed by atoms with van der Waals surface area (Å²) >= 11 is 0. The van der Waals surface area contributed by atoms with E-state index in [2.05, 4.69) is 46.9 Å². The van der Waals surface area contributed by atoms with Crippen LogP contribution in [-0.2, 0) is 61.1 Å². The molecule has 4 aromatic carbocycles. The minimum Gasteiger partial charge on any atom is -0.489 e. The van der Waals surface area contributed by atoms with E-state index in [1.807, 2.05) is 97.1 Å². The van der Waals surface area contributed by atoms with Crippen molar-refractivity contribution in [2.24, 2.45) is 5.92 Å². The normalized spacial score (nSPS) is 22.5. The van der Waals surface area contributed by atoms with Crippen LogP contribution < -0.4 is 41.4 Å². The van der Waals surface area contributed by atoms with Crippen LogP contribution in [0.5, 0.6) is 11.5 Å². The minimum absolute atomic E-state index is 0.0153. The number of piperidine rings is 1. The van der Waals surface area contributed by atoms with E-state index in [1.54, 1.807) is 67.4 Å². The molecule has 18 nitrogen and oxygen atoms in total. The third kappa shape index (κ3) is 14.9. The Bertz CT molecular complexity index is 3240. The summed E-state index contributed by atoms with van der Waals surface area (Å²) in [4.78, 5) is 105. The lowest BCUT2D eigenvalue weighted by Crippen LogP contribution is -2.62. The molecule has 6 amide bonds. The molecule has 7 N–H and O–H groups in total. The first-order valence-electron chi connectivity index (χ1n) is 27.9. The SMILES string of the molecule is O=C1N[C@@H](Cc2cccnc2)C(=O)N2C[C@H](Oc3ccncc3)C[C@H]2C(=O)N[C@@H](CCc2ccccc2)C(=O)N[C@H](Cc2c[nH]c3ccccc23)C(=O)N[C@@H](CC2CCNCC2)C(=O)N[C@H]1Cc1ccc(OCc2ccccc2)cc1. The van der Waals surface area contributed by atoms with Crippen molar-refractivity contribution in [3.05, 3.63) is 192 Å². The summed E-state index contributed by atoms with van der Waals surface area (Å²) < 4.78 is 12.5. The van der Waals surface area contributed by atoms with E-state index >= 15 is 28.8 Å². The van der Waals surface area contributed by atoms with Crippen molar-refractivity contribution in [3.8, 4) is 11.5 Å². The van der Waals surface area contributed by atoms with Crippen LogP contribution in [-0.4, -0.2) is 117 Å². The molecule has 0 saturated carbocycles. The molecule has 3 saturated heterocycles. The van der Waals surface area contributed by atoms with Crippen LogP contribution in [0.4, 0.5) is 0 Å². The van der Waals surface area contributed by atoms with Crippen LogP contribution in [0.15, 0.2) is 164 Å². The Morgan fingerprint density at radius 3 is 1.88 bits per heavy atom. The van der Waals surface area contributed by atoms with Crippen LogP contribution >= 0.6 is 0 Å². The number of fused-ring (bicyclic) bond motifs is 2. The Kier molecular flexibility index (Phi) is 18.4. The predicted octanol–water partition coefficient (Wildman–Crippen LogP) is 5.07. The summed E-state index contributed by atoms with van der Waals surface area (Å²) in [6, 6.07) is 33.7. The van der Waals surface area contributed by atoms with Crippen LogP contribution in [0.2, 0.25) is 0 Å². The molecule has 7 atom stereocenters. The smallest absolute Gasteiger partial charge is 0.246 e. The fourth-order valence-electron chi connectivity index (χ4n) is 11.0. The van der Waals surface area contributed by atoms with Crippen molar-refractivity contribution in [3.63, 3.8) is 0 Å². The summed E-state index contributed by atoms with van der Waals surface area (Å²) in [5, 5.41) is 19.4. The van der Waals surface area contributed by atoms with E-state index in [4.69, 9.17) is 9.47 Å². The number of nitrogens with zero attached hydrogens (tertiary/aromatic N) is 3. The van der Waals surface area contributed by atoms with Gasteiger partial charge in [0, 0.05) is 67.6 Å². The van der Waals surface area contributed by atoms with Crippen LogP contribution in [0.3, 0.4) is 0 Å². The Balaban J connectivity index is 1.03. The second-order valence-corrected chi connectivity index (χ2v) is 21.2. The summed E-state index contributed by atoms with van der Waals surface area (Å²) in [6.07, 6.45) is 9.72. The summed E-state index contributed by atoms with van der Waals surface area (Å²) in [5.41, 5.74) is 4.78. The number of para-hydroxylation sites is 1. The number of hydrogen-bond acceptors (Lipinski definition) is 11. The fourth-order valence-corrected chi connectivity index (χ4v) is 11.0. The van der Waals surface area contributed by atoms with E-state index in [1.165, 1.54) is 4.90 Å². The molecule has 3 aliphatic heterocycles. The molecule has 81 heavy (non-hydrogen) atoms. The van der Waals surface area contributed by atoms with E-state index in [9.17, 15) is 0 Å². The number of aryl methyl sites for hydroxylation is 1. The maximum absolute atomic E-state index is 15.5. The van der Waals surface area contributed by atoms with Gasteiger partial charge in [0.2, 0.25) is 35.4 Å². The standard InChI is InChI=1S/C63H68N10O8/c74-58-52(22-19-41-10-3-1-4-11-41)68-62(78)57-36-49(81-48-25-30-65-31-26-48)39-73(57)63(79)56(34-45-14-9-27-66-37-45)72-60(76)53(32-42-17-20-47(21-18-42)80-40-44-12-5-2-6-13-44)69-59(75)54(33-43-23-28-64-29-24-43)70-61(77)55(71-58)35-46-38-67-51-16-8-7-15-50(46)51/h1-18,20-21,25-27,30-31,37-38,43,49,52-57,64,67H,19,22-24,28-29,32-36,39-40H2,(H,68,78)(H,69,75)(H,70,77)(H,71,74)(H,72,76)/t49-,52+,53+,54+,55-,56+,57+/m1/s1. The Labute approximate surface area is 470 Å². The first-order chi connectivity index (χ1) is 39.6. The summed E-state index contributed by atoms with van der Waals surface area (Å²) in [6.45, 7) is 1.73. The maximum atomic E-state index is 15.5. The highest BCUT2D eigenvalue weighted by molar-refractivity contribution is 5.99. The van der Waals surface area contributed by atoms with Crippen molar-refractivity contribution >= 4 is 46.3 Å². The maximum Gasteiger partial charge on any atom is 0.246 e. The van der Waals surface area contributed by atoms with Crippen molar-refractivity contribution < 1.29 is 38.2 Å². The lowest BCUT2D eigenvalue weighted by Gasteiger charge is -2.32. The lowest BCUT2D eigenvalue weighted by atomic mass is 9.90. The summed E-state index contributed by atoms with van der Waals surface area (Å²) in [5.74, 6) is -2.63. The van der Waals surface area contributed by atoms with E-state index in [-0.39, 0.29) is 51.0 Å². The molecular weight excluding hydrogens is 1020 g/mol. The third-order valence-corrected chi connectivity index (χ3v) is 15.4. The fraction of sp³-hybridized carbons (Fsp3) is 0.333. The highest BCUT2D eigenvalue weighted by Gasteiger charge is 2.45. The van der Waals surface area contributed by atoms with E-state index in [0.29, 0.717) is 35.7 Å². The molecule has 3 aliphatic rings. The number of carbonyl (C=O) groups is 6. The number of aromatic nitrogens is 3. The first kappa shape index (κ1) is 55.4. The van der Waals surface area contributed by atoms with Gasteiger partial charge in [-0.2, -0.15) is 0 Å². The van der Waals surface area contributed by atoms with Gasteiger partial charge in [-0.05, 0) is 115 Å². The van der Waals surface area contributed by atoms with Crippen molar-refractivity contribution in [2.75, 3.05) is 19.6 Å². The number of pyridine rings is 2. The second kappa shape index (κ2) is 26.8. The predicted molar refractivity (Wildman–Crippen MR) is 304 cm³/mol. The molecule has 3 aromatic heterocycles. The quantitative estimate of drug-likeness (QED) is 0.0675. The van der Waals surface area contributed by atoms with Gasteiger partial charge in [0.25, 0.3) is 0 Å². The minimum atomic E-state index is -1.28. The van der Waals surface area contributed by atoms with Crippen LogP contribution in [0.1, 0.15) is 59.9 Å². The number of aromatic amines is 1. The number of H-pyrrole nitrogens is 1. The van der Waals surface area contributed by atoms with Crippen molar-refractivity contribution in [1.82, 2.24) is 51.8 Å². The molecular formula is C63H68N10O8. The largest absolute Gasteiger partial charge is 0.489 e. The Morgan fingerprint density at radius 2 is 1.15 bits per heavy atom. The number of benzene rings is 4. The lowest BCUT2D eigenvalue weighted by molar-refractivity contribution is -0.143. The average molecular weight is 1090 g/mol. The Hall–Kier alpha value is -8.90. The van der Waals surface area contributed by atoms with Gasteiger partial charge in [-0.1, -0.05) is 97.1 Å². The van der Waals surface area contributed by atoms with Gasteiger partial charge in [-0.3, -0.25) is 38.7 Å². The zero-order valence-corrected chi connectivity index (χ0v) is 45.0. The molecule has 18 heteroatoms. The number of hydrogen-bond donors (Lipinski definition) is 7. The van der Waals surface area contributed by atoms with Gasteiger partial charge in [0.05, 0.1) is 6.54 Å². The number of ether oxygens (including phenoxy) is 2. The van der Waals surface area contributed by atoms with Crippen molar-refractivity contribution in [1.29, 1.82) is 0 Å². The summed E-state index contributed by atoms with van der Waals surface area (Å²) in [7, 11) is 0. The molecule has 0 bridgehead atoms. The van der Waals surface area contributed by atoms with Gasteiger partial charge in [-0.25, -0.2) is 0 Å². The van der Waals surface area contributed by atoms with Gasteiger partial charge >= 0.3 is 0 Å². The topological polar surface area (TPSA) is 238 Å². The molecule has 3 fully saturated rings. The molecule has 0 radical (unpaired) electrons. The number of rotatable bonds is 16. The zero-order chi connectivity index (χ0) is 55.9. The molecule has 418 valence electrons. The molecule has 6 heterocycles. The molecule has 0 unspecified atom stereocenters. The van der Waals surface area contributed by atoms with Gasteiger partial charge in [0.1, 0.15) is 60.5 Å². The first-order valence-corrected chi connectivity index (χ1v) is 27.9. The number of amides is 6. The Morgan fingerprint density at radius 1 is 0.531 bits per heavy atom. The molecule has 0 spiro atoms. The van der Waals surface area contributed by atoms with E-state index in [0.717, 1.165) is 53.5 Å². The second-order valence-electron chi connectivity index (χ2n) is 21.2. The van der Waals surface area contributed by atoms with Gasteiger partial charge < -0.3 is 51.3 Å². The van der Waals surface area contributed by atoms with Crippen LogP contribution in [0, 0.1) is 5.92 Å².